The molecule has 1 atom stereocenters. The molecular weight excluding hydrogens is 242 g/mol. The quantitative estimate of drug-likeness (QED) is 0.713. The van der Waals surface area contributed by atoms with Crippen molar-refractivity contribution in [3.05, 3.63) is 0 Å². The van der Waals surface area contributed by atoms with E-state index in [9.17, 15) is 14.4 Å². The predicted octanol–water partition coefficient (Wildman–Crippen LogP) is 0.918. The summed E-state index contributed by atoms with van der Waals surface area (Å²) in [6, 6.07) is 0. The zero-order valence-corrected chi connectivity index (χ0v) is 11.0. The number of ether oxygens (including phenoxy) is 2. The van der Waals surface area contributed by atoms with Crippen LogP contribution in [0.4, 0.5) is 4.79 Å². The molecule has 0 radical (unpaired) electrons. The Bertz CT molecular complexity index is 320. The third-order valence-corrected chi connectivity index (χ3v) is 1.65. The Labute approximate surface area is 105 Å². The SMILES string of the molecule is CC(OC(=O)CCNC(=O)OC(C)(C)C)C(=O)O. The number of amides is 1. The van der Waals surface area contributed by atoms with Crippen molar-refractivity contribution < 1.29 is 29.0 Å². The highest BCUT2D eigenvalue weighted by Gasteiger charge is 2.18. The largest absolute Gasteiger partial charge is 0.479 e. The molecule has 0 aromatic heterocycles. The number of rotatable bonds is 5. The Balaban J connectivity index is 3.82. The summed E-state index contributed by atoms with van der Waals surface area (Å²) in [4.78, 5) is 32.7. The molecule has 7 nitrogen and oxygen atoms in total. The van der Waals surface area contributed by atoms with Gasteiger partial charge in [-0.2, -0.15) is 0 Å². The number of hydrogen-bond donors (Lipinski definition) is 2. The Morgan fingerprint density at radius 2 is 1.83 bits per heavy atom. The van der Waals surface area contributed by atoms with E-state index < -0.39 is 29.7 Å². The van der Waals surface area contributed by atoms with Crippen LogP contribution in [0.3, 0.4) is 0 Å². The fraction of sp³-hybridized carbons (Fsp3) is 0.727. The zero-order chi connectivity index (χ0) is 14.3. The number of carboxylic acid groups (broad SMARTS) is 1. The summed E-state index contributed by atoms with van der Waals surface area (Å²) in [6.07, 6.45) is -1.95. The van der Waals surface area contributed by atoms with Gasteiger partial charge in [-0.1, -0.05) is 0 Å². The molecule has 0 aromatic rings. The number of esters is 1. The fourth-order valence-corrected chi connectivity index (χ4v) is 0.887. The number of nitrogens with one attached hydrogen (secondary N) is 1. The number of hydrogen-bond acceptors (Lipinski definition) is 5. The van der Waals surface area contributed by atoms with E-state index in [0.717, 1.165) is 0 Å². The fourth-order valence-electron chi connectivity index (χ4n) is 0.887. The van der Waals surface area contributed by atoms with E-state index in [1.807, 2.05) is 0 Å². The van der Waals surface area contributed by atoms with Crippen LogP contribution in [-0.2, 0) is 19.1 Å². The van der Waals surface area contributed by atoms with Gasteiger partial charge in [0.15, 0.2) is 6.10 Å². The number of aliphatic carboxylic acids is 1. The summed E-state index contributed by atoms with van der Waals surface area (Å²) in [5.74, 6) is -1.91. The second-order valence-electron chi connectivity index (χ2n) is 4.65. The molecule has 0 heterocycles. The van der Waals surface area contributed by atoms with E-state index in [1.165, 1.54) is 6.92 Å². The Hall–Kier alpha value is -1.79. The minimum atomic E-state index is -1.22. The van der Waals surface area contributed by atoms with Crippen LogP contribution in [0.2, 0.25) is 0 Å². The van der Waals surface area contributed by atoms with Crippen molar-refractivity contribution in [2.45, 2.75) is 45.8 Å². The molecule has 0 saturated carbocycles. The molecule has 104 valence electrons. The molecule has 0 rings (SSSR count). The van der Waals surface area contributed by atoms with Crippen molar-refractivity contribution in [1.29, 1.82) is 0 Å². The monoisotopic (exact) mass is 261 g/mol. The van der Waals surface area contributed by atoms with Crippen molar-refractivity contribution in [3.63, 3.8) is 0 Å². The highest BCUT2D eigenvalue weighted by molar-refractivity contribution is 5.78. The van der Waals surface area contributed by atoms with Crippen LogP contribution in [0.5, 0.6) is 0 Å². The lowest BCUT2D eigenvalue weighted by molar-refractivity contribution is -0.162. The van der Waals surface area contributed by atoms with Gasteiger partial charge in [0.25, 0.3) is 0 Å². The van der Waals surface area contributed by atoms with Crippen LogP contribution >= 0.6 is 0 Å². The molecule has 1 unspecified atom stereocenters. The van der Waals surface area contributed by atoms with Crippen molar-refractivity contribution >= 4 is 18.0 Å². The summed E-state index contributed by atoms with van der Waals surface area (Å²) < 4.78 is 9.51. The van der Waals surface area contributed by atoms with Gasteiger partial charge in [0, 0.05) is 6.54 Å². The molecule has 18 heavy (non-hydrogen) atoms. The van der Waals surface area contributed by atoms with Gasteiger partial charge in [0.2, 0.25) is 0 Å². The van der Waals surface area contributed by atoms with Crippen LogP contribution in [0.1, 0.15) is 34.1 Å². The Morgan fingerprint density at radius 3 is 2.28 bits per heavy atom. The van der Waals surface area contributed by atoms with E-state index in [-0.39, 0.29) is 13.0 Å². The molecular formula is C11H19NO6. The van der Waals surface area contributed by atoms with E-state index in [4.69, 9.17) is 9.84 Å². The van der Waals surface area contributed by atoms with Crippen LogP contribution in [0.25, 0.3) is 0 Å². The first-order valence-electron chi connectivity index (χ1n) is 5.51. The molecule has 0 aliphatic heterocycles. The van der Waals surface area contributed by atoms with Crippen LogP contribution in [0.15, 0.2) is 0 Å². The topological polar surface area (TPSA) is 102 Å². The third-order valence-electron chi connectivity index (χ3n) is 1.65. The first-order valence-corrected chi connectivity index (χ1v) is 5.51. The van der Waals surface area contributed by atoms with Gasteiger partial charge in [0.05, 0.1) is 6.42 Å². The molecule has 0 aliphatic rings. The summed E-state index contributed by atoms with van der Waals surface area (Å²) in [5.41, 5.74) is -0.609. The van der Waals surface area contributed by atoms with E-state index in [1.54, 1.807) is 20.8 Å². The molecule has 2 N–H and O–H groups in total. The maximum absolute atomic E-state index is 11.2. The second kappa shape index (κ2) is 6.83. The first-order chi connectivity index (χ1) is 8.11. The van der Waals surface area contributed by atoms with Gasteiger partial charge in [-0.15, -0.1) is 0 Å². The highest BCUT2D eigenvalue weighted by atomic mass is 16.6. The summed E-state index contributed by atoms with van der Waals surface area (Å²) in [5, 5.41) is 10.9. The standard InChI is InChI=1S/C11H19NO6/c1-7(9(14)15)17-8(13)5-6-12-10(16)18-11(2,3)4/h7H,5-6H2,1-4H3,(H,12,16)(H,14,15). The number of carbonyl (C=O) groups excluding carboxylic acids is 2. The molecule has 0 spiro atoms. The van der Waals surface area contributed by atoms with E-state index >= 15 is 0 Å². The minimum absolute atomic E-state index is 0.0279. The molecule has 1 amide bonds. The number of alkyl carbamates (subject to hydrolysis) is 1. The Morgan fingerprint density at radius 1 is 1.28 bits per heavy atom. The average Bonchev–Trinajstić information content (AvgIpc) is 2.14. The average molecular weight is 261 g/mol. The molecule has 0 fully saturated rings. The van der Waals surface area contributed by atoms with Gasteiger partial charge >= 0.3 is 18.0 Å². The van der Waals surface area contributed by atoms with Gasteiger partial charge in [-0.25, -0.2) is 9.59 Å². The third kappa shape index (κ3) is 8.37. The molecule has 0 aliphatic carbocycles. The van der Waals surface area contributed by atoms with Gasteiger partial charge in [0.1, 0.15) is 5.60 Å². The maximum Gasteiger partial charge on any atom is 0.407 e. The zero-order valence-electron chi connectivity index (χ0n) is 11.0. The van der Waals surface area contributed by atoms with Crippen molar-refractivity contribution in [1.82, 2.24) is 5.32 Å². The predicted molar refractivity (Wildman–Crippen MR) is 62.0 cm³/mol. The normalized spacial score (nSPS) is 12.4. The molecule has 7 heteroatoms. The summed E-state index contributed by atoms with van der Waals surface area (Å²) >= 11 is 0. The maximum atomic E-state index is 11.2. The second-order valence-corrected chi connectivity index (χ2v) is 4.65. The summed E-state index contributed by atoms with van der Waals surface area (Å²) in [6.45, 7) is 6.43. The van der Waals surface area contributed by atoms with E-state index in [2.05, 4.69) is 10.1 Å². The van der Waals surface area contributed by atoms with Crippen LogP contribution in [-0.4, -0.2) is 41.4 Å². The summed E-state index contributed by atoms with van der Waals surface area (Å²) in [7, 11) is 0. The van der Waals surface area contributed by atoms with Gasteiger partial charge in [-0.3, -0.25) is 4.79 Å². The lowest BCUT2D eigenvalue weighted by Crippen LogP contribution is -2.34. The molecule has 0 saturated heterocycles. The smallest absolute Gasteiger partial charge is 0.407 e. The van der Waals surface area contributed by atoms with Crippen molar-refractivity contribution in [2.75, 3.05) is 6.54 Å². The van der Waals surface area contributed by atoms with Crippen molar-refractivity contribution in [2.24, 2.45) is 0 Å². The molecule has 0 aromatic carbocycles. The number of carboxylic acids is 1. The lowest BCUT2D eigenvalue weighted by Gasteiger charge is -2.19. The lowest BCUT2D eigenvalue weighted by atomic mass is 10.2. The van der Waals surface area contributed by atoms with Crippen LogP contribution in [0, 0.1) is 0 Å². The van der Waals surface area contributed by atoms with Gasteiger partial charge in [-0.05, 0) is 27.7 Å². The highest BCUT2D eigenvalue weighted by Crippen LogP contribution is 2.06. The molecule has 0 bridgehead atoms. The minimum Gasteiger partial charge on any atom is -0.479 e. The van der Waals surface area contributed by atoms with Crippen molar-refractivity contribution in [3.8, 4) is 0 Å². The van der Waals surface area contributed by atoms with Gasteiger partial charge < -0.3 is 19.9 Å². The number of carbonyl (C=O) groups is 3. The Kier molecular flexibility index (Phi) is 6.15. The first kappa shape index (κ1) is 16.2. The van der Waals surface area contributed by atoms with E-state index in [0.29, 0.717) is 0 Å². The van der Waals surface area contributed by atoms with Crippen LogP contribution < -0.4 is 5.32 Å².